The highest BCUT2D eigenvalue weighted by molar-refractivity contribution is 5.89. The highest BCUT2D eigenvalue weighted by Crippen LogP contribution is 2.42. The van der Waals surface area contributed by atoms with Crippen LogP contribution in [0, 0.1) is 36.5 Å². The van der Waals surface area contributed by atoms with Gasteiger partial charge in [-0.05, 0) is 43.7 Å². The molecule has 0 spiro atoms. The molecule has 5 heteroatoms. The molecule has 5 rings (SSSR count). The van der Waals surface area contributed by atoms with Crippen LogP contribution >= 0.6 is 0 Å². The summed E-state index contributed by atoms with van der Waals surface area (Å²) in [6.45, 7) is 4.05. The molecule has 5 aromatic rings. The van der Waals surface area contributed by atoms with Gasteiger partial charge in [-0.3, -0.25) is 0 Å². The molecular formula is C31H21N3O2. The Bertz CT molecular complexity index is 1660. The van der Waals surface area contributed by atoms with Crippen molar-refractivity contribution < 1.29 is 8.83 Å². The lowest BCUT2D eigenvalue weighted by Gasteiger charge is -2.05. The predicted molar refractivity (Wildman–Crippen MR) is 140 cm³/mol. The van der Waals surface area contributed by atoms with Crippen molar-refractivity contribution in [2.45, 2.75) is 13.8 Å². The fourth-order valence-corrected chi connectivity index (χ4v) is 4.00. The molecule has 5 nitrogen and oxygen atoms in total. The molecule has 0 N–H and O–H groups in total. The van der Waals surface area contributed by atoms with E-state index in [0.717, 1.165) is 22.3 Å². The normalized spacial score (nSPS) is 10.9. The van der Waals surface area contributed by atoms with E-state index in [9.17, 15) is 10.5 Å². The maximum atomic E-state index is 10.1. The SMILES string of the molecule is Cc1ccc(-c2oc(N=Cc3ccc(-c4ccccc4C#N)o3)c(C#N)c2-c2ccc(C)cc2)cc1. The maximum Gasteiger partial charge on any atom is 0.238 e. The van der Waals surface area contributed by atoms with Crippen LogP contribution in [0.3, 0.4) is 0 Å². The van der Waals surface area contributed by atoms with E-state index < -0.39 is 0 Å². The fraction of sp³-hybridized carbons (Fsp3) is 0.0645. The van der Waals surface area contributed by atoms with Crippen LogP contribution in [0.2, 0.25) is 0 Å². The van der Waals surface area contributed by atoms with Crippen molar-refractivity contribution in [2.75, 3.05) is 0 Å². The Morgan fingerprint density at radius 3 is 2.06 bits per heavy atom. The second kappa shape index (κ2) is 9.62. The van der Waals surface area contributed by atoms with Crippen molar-refractivity contribution in [3.63, 3.8) is 0 Å². The molecule has 0 radical (unpaired) electrons. The third-order valence-electron chi connectivity index (χ3n) is 5.90. The number of furan rings is 2. The van der Waals surface area contributed by atoms with Crippen LogP contribution in [-0.4, -0.2) is 6.21 Å². The zero-order valence-corrected chi connectivity index (χ0v) is 19.8. The summed E-state index contributed by atoms with van der Waals surface area (Å²) in [6.07, 6.45) is 1.52. The second-order valence-corrected chi connectivity index (χ2v) is 8.45. The molecule has 2 heterocycles. The summed E-state index contributed by atoms with van der Waals surface area (Å²) in [5.74, 6) is 1.84. The number of nitrogens with zero attached hydrogens (tertiary/aromatic N) is 3. The average Bonchev–Trinajstić information content (AvgIpc) is 3.53. The van der Waals surface area contributed by atoms with Crippen molar-refractivity contribution in [1.82, 2.24) is 0 Å². The number of aryl methyl sites for hydroxylation is 2. The third kappa shape index (κ3) is 4.34. The van der Waals surface area contributed by atoms with Crippen LogP contribution < -0.4 is 0 Å². The summed E-state index contributed by atoms with van der Waals surface area (Å²) < 4.78 is 12.1. The van der Waals surface area contributed by atoms with E-state index >= 15 is 0 Å². The number of nitriles is 2. The lowest BCUT2D eigenvalue weighted by atomic mass is 9.97. The molecule has 0 aliphatic heterocycles. The van der Waals surface area contributed by atoms with E-state index in [2.05, 4.69) is 17.1 Å². The molecule has 0 aliphatic rings. The molecule has 36 heavy (non-hydrogen) atoms. The highest BCUT2D eigenvalue weighted by Gasteiger charge is 2.23. The Morgan fingerprint density at radius 2 is 1.39 bits per heavy atom. The Hall–Kier alpha value is -5.13. The number of rotatable bonds is 5. The minimum Gasteiger partial charge on any atom is -0.455 e. The minimum absolute atomic E-state index is 0.207. The molecule has 2 aromatic heterocycles. The van der Waals surface area contributed by atoms with Crippen molar-refractivity contribution >= 4 is 12.1 Å². The van der Waals surface area contributed by atoms with E-state index in [-0.39, 0.29) is 5.88 Å². The van der Waals surface area contributed by atoms with Gasteiger partial charge in [0, 0.05) is 16.7 Å². The van der Waals surface area contributed by atoms with Gasteiger partial charge in [0.1, 0.15) is 28.9 Å². The average molecular weight is 468 g/mol. The van der Waals surface area contributed by atoms with E-state index in [1.165, 1.54) is 6.21 Å². The van der Waals surface area contributed by atoms with E-state index in [1.54, 1.807) is 18.2 Å². The van der Waals surface area contributed by atoms with Crippen molar-refractivity contribution in [3.8, 4) is 45.9 Å². The molecule has 0 unspecified atom stereocenters. The zero-order chi connectivity index (χ0) is 25.1. The Labute approximate surface area is 209 Å². The second-order valence-electron chi connectivity index (χ2n) is 8.45. The van der Waals surface area contributed by atoms with Crippen LogP contribution in [0.25, 0.3) is 33.8 Å². The Kier molecular flexibility index (Phi) is 6.05. The lowest BCUT2D eigenvalue weighted by molar-refractivity contribution is 0.572. The molecule has 0 aliphatic carbocycles. The van der Waals surface area contributed by atoms with Gasteiger partial charge in [0.2, 0.25) is 5.88 Å². The van der Waals surface area contributed by atoms with E-state index in [0.29, 0.717) is 39.5 Å². The summed E-state index contributed by atoms with van der Waals surface area (Å²) in [4.78, 5) is 4.49. The number of benzene rings is 3. The number of hydrogen-bond acceptors (Lipinski definition) is 5. The van der Waals surface area contributed by atoms with Crippen LogP contribution in [0.5, 0.6) is 0 Å². The van der Waals surface area contributed by atoms with Gasteiger partial charge in [0.05, 0.1) is 17.8 Å². The van der Waals surface area contributed by atoms with Crippen LogP contribution in [0.4, 0.5) is 5.88 Å². The van der Waals surface area contributed by atoms with Crippen LogP contribution in [-0.2, 0) is 0 Å². The molecule has 0 amide bonds. The highest BCUT2D eigenvalue weighted by atomic mass is 16.4. The first-order valence-electron chi connectivity index (χ1n) is 11.4. The van der Waals surface area contributed by atoms with Gasteiger partial charge < -0.3 is 8.83 Å². The molecule has 0 bridgehead atoms. The first kappa shape index (κ1) is 22.7. The van der Waals surface area contributed by atoms with Crippen molar-refractivity contribution in [1.29, 1.82) is 10.5 Å². The number of aliphatic imine (C=N–C) groups is 1. The smallest absolute Gasteiger partial charge is 0.238 e. The molecule has 0 fully saturated rings. The third-order valence-corrected chi connectivity index (χ3v) is 5.90. The summed E-state index contributed by atoms with van der Waals surface area (Å²) in [6, 6.07) is 31.2. The Balaban J connectivity index is 1.58. The van der Waals surface area contributed by atoms with Gasteiger partial charge in [-0.1, -0.05) is 71.8 Å². The summed E-state index contributed by atoms with van der Waals surface area (Å²) in [5.41, 5.74) is 6.30. The molecule has 3 aromatic carbocycles. The topological polar surface area (TPSA) is 86.2 Å². The Morgan fingerprint density at radius 1 is 0.722 bits per heavy atom. The van der Waals surface area contributed by atoms with Gasteiger partial charge in [-0.15, -0.1) is 0 Å². The fourth-order valence-electron chi connectivity index (χ4n) is 4.00. The maximum absolute atomic E-state index is 10.1. The lowest BCUT2D eigenvalue weighted by Crippen LogP contribution is -1.85. The summed E-state index contributed by atoms with van der Waals surface area (Å²) in [5, 5.41) is 19.5. The summed E-state index contributed by atoms with van der Waals surface area (Å²) >= 11 is 0. The van der Waals surface area contributed by atoms with Crippen molar-refractivity contribution in [2.24, 2.45) is 4.99 Å². The first-order chi connectivity index (χ1) is 17.6. The van der Waals surface area contributed by atoms with E-state index in [1.807, 2.05) is 80.6 Å². The minimum atomic E-state index is 0.207. The largest absolute Gasteiger partial charge is 0.455 e. The van der Waals surface area contributed by atoms with Gasteiger partial charge in [-0.2, -0.15) is 10.5 Å². The van der Waals surface area contributed by atoms with Crippen LogP contribution in [0.15, 0.2) is 98.8 Å². The molecule has 172 valence electrons. The molecule has 0 saturated heterocycles. The van der Waals surface area contributed by atoms with Gasteiger partial charge in [0.25, 0.3) is 0 Å². The summed E-state index contributed by atoms with van der Waals surface area (Å²) in [7, 11) is 0. The predicted octanol–water partition coefficient (Wildman–Crippen LogP) is 7.98. The zero-order valence-electron chi connectivity index (χ0n) is 19.8. The first-order valence-corrected chi connectivity index (χ1v) is 11.4. The van der Waals surface area contributed by atoms with Gasteiger partial charge >= 0.3 is 0 Å². The number of hydrogen-bond donors (Lipinski definition) is 0. The van der Waals surface area contributed by atoms with Crippen LogP contribution in [0.1, 0.15) is 28.0 Å². The van der Waals surface area contributed by atoms with Gasteiger partial charge in [0.15, 0.2) is 0 Å². The van der Waals surface area contributed by atoms with E-state index in [4.69, 9.17) is 8.83 Å². The quantitative estimate of drug-likeness (QED) is 0.245. The molecular weight excluding hydrogens is 446 g/mol. The standard InChI is InChI=1S/C31H21N3O2/c1-20-7-11-22(12-8-20)29-27(18-33)31(36-30(29)23-13-9-21(2)10-14-23)34-19-25-15-16-28(35-25)26-6-4-3-5-24(26)17-32/h3-16,19H,1-2H3. The molecule has 0 atom stereocenters. The van der Waals surface area contributed by atoms with Crippen molar-refractivity contribution in [3.05, 3.63) is 113 Å². The van der Waals surface area contributed by atoms with Gasteiger partial charge in [-0.25, -0.2) is 4.99 Å². The monoisotopic (exact) mass is 467 g/mol. The molecule has 0 saturated carbocycles.